The summed E-state index contributed by atoms with van der Waals surface area (Å²) >= 11 is 1.43. The molecule has 0 aromatic carbocycles. The Bertz CT molecular complexity index is 417. The minimum absolute atomic E-state index is 0.273. The van der Waals surface area contributed by atoms with Crippen LogP contribution < -0.4 is 0 Å². The zero-order chi connectivity index (χ0) is 10.8. The second kappa shape index (κ2) is 4.06. The van der Waals surface area contributed by atoms with E-state index in [-0.39, 0.29) is 5.97 Å². The van der Waals surface area contributed by atoms with Gasteiger partial charge in [0, 0.05) is 0 Å². The lowest BCUT2D eigenvalue weighted by molar-refractivity contribution is 0.0606. The first-order valence-electron chi connectivity index (χ1n) is 4.71. The third-order valence-electron chi connectivity index (χ3n) is 2.38. The molecule has 0 fully saturated rings. The van der Waals surface area contributed by atoms with Crippen molar-refractivity contribution < 1.29 is 14.3 Å². The molecule has 0 atom stereocenters. The van der Waals surface area contributed by atoms with Crippen LogP contribution in [0.1, 0.15) is 26.5 Å². The molecule has 0 amide bonds. The number of carbonyl (C=O) groups excluding carboxylic acids is 1. The molecule has 0 saturated carbocycles. The number of hydrogen-bond acceptors (Lipinski definition) is 4. The van der Waals surface area contributed by atoms with E-state index in [1.165, 1.54) is 24.0 Å². The molecule has 0 spiro atoms. The maximum absolute atomic E-state index is 11.4. The number of fused-ring (bicyclic) bond motifs is 1. The molecule has 0 saturated heterocycles. The number of esters is 1. The van der Waals surface area contributed by atoms with Crippen molar-refractivity contribution in [3.05, 3.63) is 27.5 Å². The van der Waals surface area contributed by atoms with Gasteiger partial charge in [0.1, 0.15) is 10.6 Å². The molecule has 0 N–H and O–H groups in total. The lowest BCUT2D eigenvalue weighted by Crippen LogP contribution is -1.97. The van der Waals surface area contributed by atoms with Crippen LogP contribution in [0.15, 0.2) is 12.1 Å². The van der Waals surface area contributed by atoms with Gasteiger partial charge in [-0.25, -0.2) is 4.79 Å². The quantitative estimate of drug-likeness (QED) is 0.724. The number of aryl methyl sites for hydroxylation is 1. The van der Waals surface area contributed by atoms with Crippen LogP contribution in [0.2, 0.25) is 0 Å². The van der Waals surface area contributed by atoms with E-state index in [1.54, 1.807) is 7.11 Å². The van der Waals surface area contributed by atoms with E-state index in [0.717, 1.165) is 23.5 Å². The Morgan fingerprint density at radius 3 is 2.93 bits per heavy atom. The summed E-state index contributed by atoms with van der Waals surface area (Å²) in [5, 5.41) is 0. The van der Waals surface area contributed by atoms with Gasteiger partial charge in [-0.05, 0) is 30.5 Å². The van der Waals surface area contributed by atoms with Crippen LogP contribution in [0, 0.1) is 0 Å². The summed E-state index contributed by atoms with van der Waals surface area (Å²) in [6.07, 6.45) is 3.99. The van der Waals surface area contributed by atoms with Gasteiger partial charge in [-0.1, -0.05) is 0 Å². The van der Waals surface area contributed by atoms with Crippen LogP contribution in [0.25, 0.3) is 5.76 Å². The van der Waals surface area contributed by atoms with Crippen molar-refractivity contribution in [1.82, 2.24) is 0 Å². The fraction of sp³-hybridized carbons (Fsp3) is 0.364. The molecular weight excluding hydrogens is 212 g/mol. The largest absolute Gasteiger partial charge is 0.496 e. The Morgan fingerprint density at radius 1 is 1.47 bits per heavy atom. The molecule has 4 heteroatoms. The maximum atomic E-state index is 11.4. The Morgan fingerprint density at radius 2 is 2.27 bits per heavy atom. The predicted octanol–water partition coefficient (Wildman–Crippen LogP) is 2.47. The highest BCUT2D eigenvalue weighted by Crippen LogP contribution is 2.34. The van der Waals surface area contributed by atoms with Crippen molar-refractivity contribution in [2.45, 2.75) is 12.8 Å². The summed E-state index contributed by atoms with van der Waals surface area (Å²) in [5.41, 5.74) is 1.18. The smallest absolute Gasteiger partial charge is 0.348 e. The van der Waals surface area contributed by atoms with Crippen LogP contribution in [-0.2, 0) is 15.9 Å². The molecule has 80 valence electrons. The van der Waals surface area contributed by atoms with Gasteiger partial charge in [0.05, 0.1) is 19.1 Å². The van der Waals surface area contributed by atoms with Gasteiger partial charge >= 0.3 is 5.97 Å². The summed E-state index contributed by atoms with van der Waals surface area (Å²) in [6, 6.07) is 1.90. The van der Waals surface area contributed by atoms with Gasteiger partial charge in [0.15, 0.2) is 0 Å². The second-order valence-corrected chi connectivity index (χ2v) is 4.32. The summed E-state index contributed by atoms with van der Waals surface area (Å²) in [7, 11) is 3.05. The van der Waals surface area contributed by atoms with E-state index in [0.29, 0.717) is 4.88 Å². The van der Waals surface area contributed by atoms with Crippen LogP contribution in [0.4, 0.5) is 0 Å². The number of allylic oxidation sites excluding steroid dienone is 1. The van der Waals surface area contributed by atoms with Gasteiger partial charge < -0.3 is 9.47 Å². The number of methoxy groups -OCH3 is 2. The molecule has 1 aromatic rings. The van der Waals surface area contributed by atoms with E-state index < -0.39 is 0 Å². The van der Waals surface area contributed by atoms with Gasteiger partial charge in [0.25, 0.3) is 0 Å². The van der Waals surface area contributed by atoms with Crippen molar-refractivity contribution in [3.8, 4) is 0 Å². The fourth-order valence-electron chi connectivity index (χ4n) is 1.65. The normalized spacial score (nSPS) is 14.1. The SMILES string of the molecule is COC(=O)c1cc2c(s1)C(OC)=CCC2. The minimum Gasteiger partial charge on any atom is -0.496 e. The minimum atomic E-state index is -0.273. The first kappa shape index (κ1) is 10.2. The highest BCUT2D eigenvalue weighted by Gasteiger charge is 2.20. The molecule has 0 radical (unpaired) electrons. The van der Waals surface area contributed by atoms with E-state index in [9.17, 15) is 4.79 Å². The summed E-state index contributed by atoms with van der Waals surface area (Å²) in [5.74, 6) is 0.598. The van der Waals surface area contributed by atoms with Crippen LogP contribution in [0.5, 0.6) is 0 Å². The second-order valence-electron chi connectivity index (χ2n) is 3.27. The number of carbonyl (C=O) groups is 1. The topological polar surface area (TPSA) is 35.5 Å². The molecule has 1 aliphatic rings. The third-order valence-corrected chi connectivity index (χ3v) is 3.55. The number of thiophene rings is 1. The van der Waals surface area contributed by atoms with Crippen molar-refractivity contribution in [2.24, 2.45) is 0 Å². The number of ether oxygens (including phenoxy) is 2. The zero-order valence-corrected chi connectivity index (χ0v) is 9.52. The molecule has 1 aromatic heterocycles. The van der Waals surface area contributed by atoms with Crippen molar-refractivity contribution >= 4 is 23.1 Å². The summed E-state index contributed by atoms with van der Waals surface area (Å²) < 4.78 is 9.96. The molecule has 15 heavy (non-hydrogen) atoms. The Labute approximate surface area is 92.3 Å². The first-order valence-corrected chi connectivity index (χ1v) is 5.53. The Hall–Kier alpha value is -1.29. The lowest BCUT2D eigenvalue weighted by Gasteiger charge is -2.11. The number of rotatable bonds is 2. The van der Waals surface area contributed by atoms with Gasteiger partial charge in [-0.3, -0.25) is 0 Å². The van der Waals surface area contributed by atoms with Crippen molar-refractivity contribution in [2.75, 3.05) is 14.2 Å². The monoisotopic (exact) mass is 224 g/mol. The Kier molecular flexibility index (Phi) is 2.77. The molecule has 1 heterocycles. The van der Waals surface area contributed by atoms with Gasteiger partial charge in [-0.2, -0.15) is 0 Å². The van der Waals surface area contributed by atoms with Crippen molar-refractivity contribution in [3.63, 3.8) is 0 Å². The molecule has 3 nitrogen and oxygen atoms in total. The highest BCUT2D eigenvalue weighted by molar-refractivity contribution is 7.15. The summed E-state index contributed by atoms with van der Waals surface area (Å²) in [6.45, 7) is 0. The Balaban J connectivity index is 2.39. The lowest BCUT2D eigenvalue weighted by atomic mass is 10.0. The van der Waals surface area contributed by atoms with E-state index >= 15 is 0 Å². The van der Waals surface area contributed by atoms with Crippen LogP contribution in [-0.4, -0.2) is 20.2 Å². The van der Waals surface area contributed by atoms with E-state index in [1.807, 2.05) is 6.07 Å². The van der Waals surface area contributed by atoms with Gasteiger partial charge in [0.2, 0.25) is 0 Å². The van der Waals surface area contributed by atoms with E-state index in [2.05, 4.69) is 6.08 Å². The molecular formula is C11H12O3S. The maximum Gasteiger partial charge on any atom is 0.348 e. The molecule has 0 bridgehead atoms. The highest BCUT2D eigenvalue weighted by atomic mass is 32.1. The zero-order valence-electron chi connectivity index (χ0n) is 8.70. The molecule has 1 aliphatic carbocycles. The third kappa shape index (κ3) is 1.77. The fourth-order valence-corrected chi connectivity index (χ4v) is 2.80. The predicted molar refractivity (Wildman–Crippen MR) is 59.0 cm³/mol. The molecule has 0 aliphatic heterocycles. The van der Waals surface area contributed by atoms with Gasteiger partial charge in [-0.15, -0.1) is 11.3 Å². The average Bonchev–Trinajstić information content (AvgIpc) is 2.71. The van der Waals surface area contributed by atoms with Crippen molar-refractivity contribution in [1.29, 1.82) is 0 Å². The average molecular weight is 224 g/mol. The summed E-state index contributed by atoms with van der Waals surface area (Å²) in [4.78, 5) is 13.1. The standard InChI is InChI=1S/C11H12O3S/c1-13-8-5-3-4-7-6-9(11(12)14-2)15-10(7)8/h5-6H,3-4H2,1-2H3. The molecule has 0 unspecified atom stereocenters. The van der Waals surface area contributed by atoms with Crippen LogP contribution in [0.3, 0.4) is 0 Å². The first-order chi connectivity index (χ1) is 7.26. The number of hydrogen-bond donors (Lipinski definition) is 0. The van der Waals surface area contributed by atoms with Crippen LogP contribution >= 0.6 is 11.3 Å². The van der Waals surface area contributed by atoms with E-state index in [4.69, 9.17) is 9.47 Å². The molecule has 2 rings (SSSR count).